The van der Waals surface area contributed by atoms with Gasteiger partial charge in [0.25, 0.3) is 0 Å². The van der Waals surface area contributed by atoms with Crippen molar-refractivity contribution >= 4 is 23.6 Å². The van der Waals surface area contributed by atoms with Crippen molar-refractivity contribution in [2.75, 3.05) is 13.2 Å². The first-order chi connectivity index (χ1) is 10.1. The van der Waals surface area contributed by atoms with Crippen LogP contribution in [0.3, 0.4) is 0 Å². The van der Waals surface area contributed by atoms with E-state index in [1.807, 2.05) is 13.2 Å². The summed E-state index contributed by atoms with van der Waals surface area (Å²) in [5, 5.41) is 7.41. The van der Waals surface area contributed by atoms with Gasteiger partial charge in [0.1, 0.15) is 12.4 Å². The van der Waals surface area contributed by atoms with E-state index in [2.05, 4.69) is 10.4 Å². The van der Waals surface area contributed by atoms with Crippen LogP contribution in [0.5, 0.6) is 5.75 Å². The van der Waals surface area contributed by atoms with E-state index in [9.17, 15) is 4.79 Å². The van der Waals surface area contributed by atoms with Crippen LogP contribution in [0, 0.1) is 0 Å². The van der Waals surface area contributed by atoms with Crippen LogP contribution in [-0.2, 0) is 11.8 Å². The van der Waals surface area contributed by atoms with Crippen molar-refractivity contribution in [3.8, 4) is 5.75 Å². The largest absolute Gasteiger partial charge is 0.492 e. The molecule has 1 N–H and O–H groups in total. The molecule has 1 heterocycles. The van der Waals surface area contributed by atoms with Crippen molar-refractivity contribution in [2.24, 2.45) is 7.05 Å². The number of nitrogens with zero attached hydrogens (tertiary/aromatic N) is 2. The second-order valence-electron chi connectivity index (χ2n) is 4.37. The predicted molar refractivity (Wildman–Crippen MR) is 82.2 cm³/mol. The summed E-state index contributed by atoms with van der Waals surface area (Å²) in [6.45, 7) is 0.826. The molecule has 1 amide bonds. The van der Waals surface area contributed by atoms with E-state index < -0.39 is 0 Å². The zero-order chi connectivity index (χ0) is 15.1. The summed E-state index contributed by atoms with van der Waals surface area (Å²) in [6, 6.07) is 7.08. The molecule has 0 unspecified atom stereocenters. The van der Waals surface area contributed by atoms with E-state index in [4.69, 9.17) is 16.3 Å². The number of hydrogen-bond acceptors (Lipinski definition) is 3. The van der Waals surface area contributed by atoms with Gasteiger partial charge < -0.3 is 10.1 Å². The summed E-state index contributed by atoms with van der Waals surface area (Å²) in [5.41, 5.74) is 0.880. The predicted octanol–water partition coefficient (Wildman–Crippen LogP) is 2.28. The molecule has 0 saturated heterocycles. The Morgan fingerprint density at radius 2 is 2.19 bits per heavy atom. The lowest BCUT2D eigenvalue weighted by Crippen LogP contribution is -2.26. The van der Waals surface area contributed by atoms with Gasteiger partial charge in [-0.3, -0.25) is 9.48 Å². The second kappa shape index (κ2) is 7.50. The summed E-state index contributed by atoms with van der Waals surface area (Å²) < 4.78 is 7.14. The van der Waals surface area contributed by atoms with Gasteiger partial charge in [0.2, 0.25) is 5.91 Å². The number of hydrogen-bond donors (Lipinski definition) is 1. The number of aromatic nitrogens is 2. The molecule has 0 fully saturated rings. The van der Waals surface area contributed by atoms with Gasteiger partial charge in [-0.1, -0.05) is 11.6 Å². The van der Waals surface area contributed by atoms with Crippen molar-refractivity contribution in [2.45, 2.75) is 0 Å². The summed E-state index contributed by atoms with van der Waals surface area (Å²) in [7, 11) is 1.82. The van der Waals surface area contributed by atoms with Gasteiger partial charge >= 0.3 is 0 Å². The van der Waals surface area contributed by atoms with Crippen molar-refractivity contribution in [3.63, 3.8) is 0 Å². The fourth-order valence-corrected chi connectivity index (χ4v) is 1.76. The standard InChI is InChI=1S/C15H16ClN3O2/c1-19-11-12(10-18-19)2-7-15(20)17-8-9-21-14-5-3-13(16)4-6-14/h2-7,10-11H,8-9H2,1H3,(H,17,20)/b7-2+. The van der Waals surface area contributed by atoms with Crippen LogP contribution >= 0.6 is 11.6 Å². The normalized spacial score (nSPS) is 10.8. The molecule has 0 atom stereocenters. The number of aryl methyl sites for hydroxylation is 1. The fourth-order valence-electron chi connectivity index (χ4n) is 1.63. The average molecular weight is 306 g/mol. The van der Waals surface area contributed by atoms with Gasteiger partial charge in [-0.05, 0) is 30.3 Å². The van der Waals surface area contributed by atoms with E-state index in [1.165, 1.54) is 6.08 Å². The lowest BCUT2D eigenvalue weighted by molar-refractivity contribution is -0.116. The number of rotatable bonds is 6. The Bertz CT molecular complexity index is 620. The van der Waals surface area contributed by atoms with E-state index in [-0.39, 0.29) is 5.91 Å². The highest BCUT2D eigenvalue weighted by atomic mass is 35.5. The van der Waals surface area contributed by atoms with Crippen LogP contribution in [0.2, 0.25) is 5.02 Å². The van der Waals surface area contributed by atoms with Gasteiger partial charge in [-0.15, -0.1) is 0 Å². The third-order valence-electron chi connectivity index (χ3n) is 2.64. The van der Waals surface area contributed by atoms with Crippen molar-refractivity contribution in [3.05, 3.63) is 53.3 Å². The van der Waals surface area contributed by atoms with Crippen molar-refractivity contribution in [1.82, 2.24) is 15.1 Å². The van der Waals surface area contributed by atoms with Crippen LogP contribution in [-0.4, -0.2) is 28.8 Å². The molecule has 0 saturated carbocycles. The fraction of sp³-hybridized carbons (Fsp3) is 0.200. The number of carbonyl (C=O) groups excluding carboxylic acids is 1. The van der Waals surface area contributed by atoms with Gasteiger partial charge in [0.15, 0.2) is 0 Å². The van der Waals surface area contributed by atoms with E-state index >= 15 is 0 Å². The zero-order valence-corrected chi connectivity index (χ0v) is 12.4. The molecule has 6 heteroatoms. The minimum Gasteiger partial charge on any atom is -0.492 e. The zero-order valence-electron chi connectivity index (χ0n) is 11.6. The van der Waals surface area contributed by atoms with Crippen LogP contribution in [0.15, 0.2) is 42.7 Å². The number of benzene rings is 1. The van der Waals surface area contributed by atoms with Crippen LogP contribution < -0.4 is 10.1 Å². The number of amides is 1. The van der Waals surface area contributed by atoms with Crippen LogP contribution in [0.25, 0.3) is 6.08 Å². The van der Waals surface area contributed by atoms with E-state index in [1.54, 1.807) is 41.2 Å². The molecule has 0 radical (unpaired) electrons. The highest BCUT2D eigenvalue weighted by molar-refractivity contribution is 6.30. The Morgan fingerprint density at radius 1 is 1.43 bits per heavy atom. The van der Waals surface area contributed by atoms with E-state index in [0.29, 0.717) is 18.2 Å². The maximum atomic E-state index is 11.6. The molecule has 1 aromatic heterocycles. The average Bonchev–Trinajstić information content (AvgIpc) is 2.89. The Morgan fingerprint density at radius 3 is 2.86 bits per heavy atom. The SMILES string of the molecule is Cn1cc(/C=C/C(=O)NCCOc2ccc(Cl)cc2)cn1. The molecule has 0 aliphatic rings. The minimum absolute atomic E-state index is 0.168. The number of halogens is 1. The maximum Gasteiger partial charge on any atom is 0.244 e. The van der Waals surface area contributed by atoms with Crippen molar-refractivity contribution in [1.29, 1.82) is 0 Å². The smallest absolute Gasteiger partial charge is 0.244 e. The number of carbonyl (C=O) groups is 1. The van der Waals surface area contributed by atoms with Gasteiger partial charge in [-0.25, -0.2) is 0 Å². The minimum atomic E-state index is -0.168. The third kappa shape index (κ3) is 5.31. The third-order valence-corrected chi connectivity index (χ3v) is 2.89. The summed E-state index contributed by atoms with van der Waals surface area (Å²) in [5.74, 6) is 0.554. The van der Waals surface area contributed by atoms with Gasteiger partial charge in [0, 0.05) is 29.9 Å². The Balaban J connectivity index is 1.67. The highest BCUT2D eigenvalue weighted by Gasteiger charge is 1.97. The number of ether oxygens (including phenoxy) is 1. The monoisotopic (exact) mass is 305 g/mol. The molecule has 0 aliphatic carbocycles. The van der Waals surface area contributed by atoms with E-state index in [0.717, 1.165) is 11.3 Å². The molecule has 5 nitrogen and oxygen atoms in total. The van der Waals surface area contributed by atoms with Gasteiger partial charge in [-0.2, -0.15) is 5.10 Å². The maximum absolute atomic E-state index is 11.6. The first-order valence-corrected chi connectivity index (χ1v) is 6.84. The summed E-state index contributed by atoms with van der Waals surface area (Å²) in [6.07, 6.45) is 6.70. The van der Waals surface area contributed by atoms with Gasteiger partial charge in [0.05, 0.1) is 12.7 Å². The molecule has 1 aromatic carbocycles. The molecular formula is C15H16ClN3O2. The Hall–Kier alpha value is -2.27. The number of nitrogens with one attached hydrogen (secondary N) is 1. The lowest BCUT2D eigenvalue weighted by Gasteiger charge is -2.06. The first-order valence-electron chi connectivity index (χ1n) is 6.46. The van der Waals surface area contributed by atoms with Crippen molar-refractivity contribution < 1.29 is 9.53 Å². The summed E-state index contributed by atoms with van der Waals surface area (Å²) in [4.78, 5) is 11.6. The summed E-state index contributed by atoms with van der Waals surface area (Å²) >= 11 is 5.78. The van der Waals surface area contributed by atoms with Crippen LogP contribution in [0.1, 0.15) is 5.56 Å². The second-order valence-corrected chi connectivity index (χ2v) is 4.81. The molecule has 0 bridgehead atoms. The van der Waals surface area contributed by atoms with Crippen LogP contribution in [0.4, 0.5) is 0 Å². The Kier molecular flexibility index (Phi) is 5.40. The molecule has 2 aromatic rings. The molecule has 21 heavy (non-hydrogen) atoms. The topological polar surface area (TPSA) is 56.2 Å². The Labute approximate surface area is 128 Å². The lowest BCUT2D eigenvalue weighted by atomic mass is 10.3. The molecular weight excluding hydrogens is 290 g/mol. The highest BCUT2D eigenvalue weighted by Crippen LogP contribution is 2.15. The molecule has 0 spiro atoms. The first kappa shape index (κ1) is 15.1. The molecule has 110 valence electrons. The quantitative estimate of drug-likeness (QED) is 0.658. The molecule has 0 aliphatic heterocycles. The molecule has 2 rings (SSSR count).